The Balaban J connectivity index is 1.51. The van der Waals surface area contributed by atoms with Crippen molar-refractivity contribution in [3.63, 3.8) is 0 Å². The first-order chi connectivity index (χ1) is 18.5. The fourth-order valence-electron chi connectivity index (χ4n) is 6.85. The first-order valence-corrected chi connectivity index (χ1v) is 13.9. The molecule has 0 aromatic heterocycles. The predicted molar refractivity (Wildman–Crippen MR) is 147 cm³/mol. The molecule has 4 aliphatic rings. The Kier molecular flexibility index (Phi) is 5.95. The molecule has 0 unspecified atom stereocenters. The topological polar surface area (TPSA) is 104 Å². The Labute approximate surface area is 242 Å². The van der Waals surface area contributed by atoms with Crippen molar-refractivity contribution >= 4 is 68.4 Å². The number of rotatable bonds is 3. The summed E-state index contributed by atoms with van der Waals surface area (Å²) in [4.78, 5) is 52.9. The number of alkyl halides is 2. The lowest BCUT2D eigenvalue weighted by Crippen LogP contribution is -2.60. The number of hydrogen-bond donors (Lipinski definition) is 1. The number of ether oxygens (including phenoxy) is 1. The number of benzene rings is 2. The van der Waals surface area contributed by atoms with E-state index in [2.05, 4.69) is 15.9 Å². The highest BCUT2D eigenvalue weighted by molar-refractivity contribution is 9.10. The Morgan fingerprint density at radius 2 is 1.69 bits per heavy atom. The van der Waals surface area contributed by atoms with Gasteiger partial charge in [0.15, 0.2) is 21.2 Å². The normalized spacial score (nSPS) is 33.6. The van der Waals surface area contributed by atoms with Crippen LogP contribution in [0.4, 0.5) is 5.69 Å². The minimum atomic E-state index is -1.91. The van der Waals surface area contributed by atoms with Gasteiger partial charge in [-0.1, -0.05) is 33.6 Å². The van der Waals surface area contributed by atoms with Gasteiger partial charge in [0.2, 0.25) is 11.8 Å². The zero-order valence-corrected chi connectivity index (χ0v) is 24.0. The van der Waals surface area contributed by atoms with Crippen molar-refractivity contribution in [2.45, 2.75) is 28.5 Å². The molecule has 39 heavy (non-hydrogen) atoms. The monoisotopic (exact) mass is 632 g/mol. The second-order valence-electron chi connectivity index (χ2n) is 10.4. The number of nitrogens with zero attached hydrogens (tertiary/aromatic N) is 2. The van der Waals surface area contributed by atoms with E-state index < -0.39 is 45.2 Å². The van der Waals surface area contributed by atoms with E-state index in [0.29, 0.717) is 16.8 Å². The summed E-state index contributed by atoms with van der Waals surface area (Å²) < 4.78 is 5.99. The van der Waals surface area contributed by atoms with Crippen LogP contribution in [0.5, 0.6) is 11.5 Å². The third kappa shape index (κ3) is 3.36. The van der Waals surface area contributed by atoms with Crippen molar-refractivity contribution in [2.24, 2.45) is 17.8 Å². The van der Waals surface area contributed by atoms with Gasteiger partial charge in [0.1, 0.15) is 0 Å². The fourth-order valence-corrected chi connectivity index (χ4v) is 8.13. The van der Waals surface area contributed by atoms with E-state index in [0.717, 1.165) is 9.37 Å². The van der Waals surface area contributed by atoms with Crippen molar-refractivity contribution in [2.75, 3.05) is 19.1 Å². The molecule has 3 fully saturated rings. The molecular weight excluding hydrogens is 611 g/mol. The maximum atomic E-state index is 13.9. The standard InChI is InChI=1S/C28H23BrCl2N2O6/c1-32-25(37)27(30)12-18-16(22(28(27,31)26(32)38)13-3-10-20(39-2)19(34)11-13)8-9-17-21(18)24(36)33(23(17)35)15-6-4-14(29)5-7-15/h3-8,10-11,17-18,21-22,34H,9,12H2,1-2H3/t17-,18+,21-,22-,27+,28-/m0/s1. The highest BCUT2D eigenvalue weighted by Gasteiger charge is 2.75. The number of likely N-dealkylation sites (tertiary alicyclic amines) is 1. The smallest absolute Gasteiger partial charge is 0.253 e. The van der Waals surface area contributed by atoms with Crippen molar-refractivity contribution in [1.29, 1.82) is 0 Å². The molecule has 2 aliphatic carbocycles. The number of phenolic OH excluding ortho intramolecular Hbond substituents is 1. The summed E-state index contributed by atoms with van der Waals surface area (Å²) in [5.41, 5.74) is 1.55. The Morgan fingerprint density at radius 3 is 2.33 bits per heavy atom. The van der Waals surface area contributed by atoms with E-state index in [4.69, 9.17) is 27.9 Å². The molecule has 6 atom stereocenters. The number of carbonyl (C=O) groups excluding carboxylic acids is 4. The summed E-state index contributed by atoms with van der Waals surface area (Å²) in [6.07, 6.45) is 2.02. The first-order valence-electron chi connectivity index (χ1n) is 12.4. The molecule has 202 valence electrons. The second kappa shape index (κ2) is 8.81. The van der Waals surface area contributed by atoms with Crippen molar-refractivity contribution in [3.8, 4) is 11.5 Å². The van der Waals surface area contributed by atoms with E-state index in [1.807, 2.05) is 6.08 Å². The Bertz CT molecular complexity index is 1500. The number of phenols is 1. The summed E-state index contributed by atoms with van der Waals surface area (Å²) in [7, 11) is 2.75. The minimum Gasteiger partial charge on any atom is -0.504 e. The maximum absolute atomic E-state index is 13.9. The number of hydrogen-bond acceptors (Lipinski definition) is 6. The van der Waals surface area contributed by atoms with Gasteiger partial charge in [0, 0.05) is 17.4 Å². The molecule has 0 bridgehead atoms. The zero-order valence-electron chi connectivity index (χ0n) is 20.9. The summed E-state index contributed by atoms with van der Waals surface area (Å²) >= 11 is 17.6. The van der Waals surface area contributed by atoms with Crippen molar-refractivity contribution < 1.29 is 29.0 Å². The Hall–Kier alpha value is -2.88. The van der Waals surface area contributed by atoms with Gasteiger partial charge in [-0.3, -0.25) is 29.0 Å². The van der Waals surface area contributed by atoms with Gasteiger partial charge in [-0.25, -0.2) is 0 Å². The van der Waals surface area contributed by atoms with Gasteiger partial charge >= 0.3 is 0 Å². The second-order valence-corrected chi connectivity index (χ2v) is 12.6. The number of methoxy groups -OCH3 is 1. The molecule has 2 aromatic rings. The molecule has 1 saturated carbocycles. The van der Waals surface area contributed by atoms with E-state index in [9.17, 15) is 24.3 Å². The molecule has 1 N–H and O–H groups in total. The lowest BCUT2D eigenvalue weighted by Gasteiger charge is -2.50. The molecule has 2 saturated heterocycles. The van der Waals surface area contributed by atoms with Crippen molar-refractivity contribution in [1.82, 2.24) is 4.90 Å². The van der Waals surface area contributed by atoms with Crippen molar-refractivity contribution in [3.05, 3.63) is 64.1 Å². The quantitative estimate of drug-likeness (QED) is 0.306. The van der Waals surface area contributed by atoms with Gasteiger partial charge in [-0.15, -0.1) is 23.2 Å². The minimum absolute atomic E-state index is 0.0915. The number of imide groups is 2. The third-order valence-electron chi connectivity index (χ3n) is 8.64. The van der Waals surface area contributed by atoms with E-state index >= 15 is 0 Å². The van der Waals surface area contributed by atoms with Crippen LogP contribution in [0.2, 0.25) is 0 Å². The van der Waals surface area contributed by atoms with Gasteiger partial charge in [0.25, 0.3) is 11.8 Å². The number of aromatic hydroxyl groups is 1. The number of allylic oxidation sites excluding steroid dienone is 2. The van der Waals surface area contributed by atoms with Crippen LogP contribution in [0.15, 0.2) is 58.6 Å². The molecule has 11 heteroatoms. The predicted octanol–water partition coefficient (Wildman–Crippen LogP) is 4.36. The zero-order chi connectivity index (χ0) is 28.0. The molecular formula is C28H23BrCl2N2O6. The number of carbonyl (C=O) groups is 4. The van der Waals surface area contributed by atoms with Gasteiger partial charge < -0.3 is 9.84 Å². The third-order valence-corrected chi connectivity index (χ3v) is 10.6. The lowest BCUT2D eigenvalue weighted by molar-refractivity contribution is -0.138. The van der Waals surface area contributed by atoms with Crippen LogP contribution in [0, 0.1) is 17.8 Å². The van der Waals surface area contributed by atoms with Crippen LogP contribution in [-0.4, -0.2) is 57.5 Å². The Morgan fingerprint density at radius 1 is 1.00 bits per heavy atom. The van der Waals surface area contributed by atoms with E-state index in [1.54, 1.807) is 36.4 Å². The lowest BCUT2D eigenvalue weighted by atomic mass is 9.56. The first kappa shape index (κ1) is 26.3. The van der Waals surface area contributed by atoms with Crippen LogP contribution in [0.25, 0.3) is 0 Å². The summed E-state index contributed by atoms with van der Waals surface area (Å²) in [5.74, 6) is -4.99. The SMILES string of the molecule is COc1ccc([C@H]2C3=CC[C@@H]4C(=O)N(c5ccc(Br)cc5)C(=O)[C@@H]4[C@@H]3C[C@@]3(Cl)C(=O)N(C)C(=O)[C@@]23Cl)cc1O. The summed E-state index contributed by atoms with van der Waals surface area (Å²) in [5, 5.41) is 10.6. The molecule has 2 aliphatic heterocycles. The molecule has 8 nitrogen and oxygen atoms in total. The summed E-state index contributed by atoms with van der Waals surface area (Å²) in [6.45, 7) is 0. The highest BCUT2D eigenvalue weighted by atomic mass is 79.9. The highest BCUT2D eigenvalue weighted by Crippen LogP contribution is 2.65. The van der Waals surface area contributed by atoms with Crippen LogP contribution in [0.1, 0.15) is 24.3 Å². The summed E-state index contributed by atoms with van der Waals surface area (Å²) in [6, 6.07) is 11.5. The van der Waals surface area contributed by atoms with Crippen LogP contribution in [0.3, 0.4) is 0 Å². The van der Waals surface area contributed by atoms with Crippen LogP contribution < -0.4 is 9.64 Å². The fraction of sp³-hybridized carbons (Fsp3) is 0.357. The number of amides is 4. The average Bonchev–Trinajstić information content (AvgIpc) is 3.24. The van der Waals surface area contributed by atoms with Gasteiger partial charge in [-0.05, 0) is 60.7 Å². The van der Waals surface area contributed by atoms with Gasteiger partial charge in [-0.2, -0.15) is 0 Å². The molecule has 2 aromatic carbocycles. The van der Waals surface area contributed by atoms with Crippen LogP contribution >= 0.6 is 39.1 Å². The molecule has 0 radical (unpaired) electrons. The number of fused-ring (bicyclic) bond motifs is 4. The van der Waals surface area contributed by atoms with E-state index in [1.165, 1.54) is 25.1 Å². The van der Waals surface area contributed by atoms with Gasteiger partial charge in [0.05, 0.1) is 24.6 Å². The molecule has 6 rings (SSSR count). The van der Waals surface area contributed by atoms with Crippen LogP contribution in [-0.2, 0) is 19.2 Å². The molecule has 2 heterocycles. The van der Waals surface area contributed by atoms with E-state index in [-0.39, 0.29) is 36.2 Å². The largest absolute Gasteiger partial charge is 0.504 e. The maximum Gasteiger partial charge on any atom is 0.253 e. The number of halogens is 3. The molecule has 4 amide bonds. The molecule has 0 spiro atoms. The number of anilines is 1. The average molecular weight is 634 g/mol.